The van der Waals surface area contributed by atoms with Crippen LogP contribution in [0.15, 0.2) is 30.6 Å². The minimum atomic E-state index is -2.40. The SMILES string of the molecule is [2H]C([2H])([2H])C(C)(C)c1cc2nnc(-c3cc(F)ccc3F)n2nc1OCc1ncnn1C. The third-order valence-electron chi connectivity index (χ3n) is 4.35. The maximum Gasteiger partial charge on any atom is 0.236 e. The molecule has 0 saturated heterocycles. The van der Waals surface area contributed by atoms with Crippen molar-refractivity contribution in [3.8, 4) is 17.3 Å². The quantitative estimate of drug-likeness (QED) is 0.522. The van der Waals surface area contributed by atoms with Crippen LogP contribution >= 0.6 is 0 Å². The Morgan fingerprint density at radius 2 is 2.03 bits per heavy atom. The summed E-state index contributed by atoms with van der Waals surface area (Å²) in [4.78, 5) is 4.08. The first-order chi connectivity index (χ1) is 15.0. The molecule has 0 unspecified atom stereocenters. The maximum absolute atomic E-state index is 14.4. The molecule has 0 spiro atoms. The number of aromatic nitrogens is 7. The lowest BCUT2D eigenvalue weighted by molar-refractivity contribution is 0.266. The molecule has 0 aliphatic heterocycles. The Bertz CT molecular complexity index is 1300. The van der Waals surface area contributed by atoms with E-state index in [1.54, 1.807) is 7.05 Å². The van der Waals surface area contributed by atoms with Gasteiger partial charge < -0.3 is 4.74 Å². The van der Waals surface area contributed by atoms with Gasteiger partial charge in [0.05, 0.1) is 5.56 Å². The average Bonchev–Trinajstić information content (AvgIpc) is 3.32. The fraction of sp³-hybridized carbons (Fsp3) is 0.316. The molecule has 29 heavy (non-hydrogen) atoms. The zero-order valence-corrected chi connectivity index (χ0v) is 15.9. The molecule has 0 bridgehead atoms. The monoisotopic (exact) mass is 402 g/mol. The van der Waals surface area contributed by atoms with Crippen molar-refractivity contribution in [3.63, 3.8) is 0 Å². The van der Waals surface area contributed by atoms with Crippen molar-refractivity contribution in [3.05, 3.63) is 53.6 Å². The molecule has 0 radical (unpaired) electrons. The molecular formula is C19H19F2N7O. The van der Waals surface area contributed by atoms with Crippen molar-refractivity contribution in [2.75, 3.05) is 0 Å². The van der Waals surface area contributed by atoms with Gasteiger partial charge in [-0.2, -0.15) is 9.61 Å². The van der Waals surface area contributed by atoms with Gasteiger partial charge in [0.2, 0.25) is 5.88 Å². The van der Waals surface area contributed by atoms with E-state index in [2.05, 4.69) is 25.4 Å². The predicted molar refractivity (Wildman–Crippen MR) is 100 cm³/mol. The number of hydrogen-bond donors (Lipinski definition) is 0. The highest BCUT2D eigenvalue weighted by molar-refractivity contribution is 5.60. The van der Waals surface area contributed by atoms with Gasteiger partial charge in [0.1, 0.15) is 24.6 Å². The summed E-state index contributed by atoms with van der Waals surface area (Å²) < 4.78 is 60.5. The molecule has 0 fully saturated rings. The fourth-order valence-corrected chi connectivity index (χ4v) is 2.79. The zero-order valence-electron chi connectivity index (χ0n) is 18.9. The van der Waals surface area contributed by atoms with Gasteiger partial charge in [0, 0.05) is 16.7 Å². The number of aryl methyl sites for hydroxylation is 1. The third kappa shape index (κ3) is 3.53. The van der Waals surface area contributed by atoms with Crippen LogP contribution in [-0.2, 0) is 19.1 Å². The van der Waals surface area contributed by atoms with Crippen molar-refractivity contribution in [1.29, 1.82) is 0 Å². The van der Waals surface area contributed by atoms with Gasteiger partial charge >= 0.3 is 0 Å². The first-order valence-electron chi connectivity index (χ1n) is 10.2. The molecule has 150 valence electrons. The molecule has 3 heterocycles. The Labute approximate surface area is 169 Å². The molecule has 3 aromatic heterocycles. The molecule has 0 atom stereocenters. The molecular weight excluding hydrogens is 380 g/mol. The molecule has 0 N–H and O–H groups in total. The van der Waals surface area contributed by atoms with E-state index in [0.717, 1.165) is 18.2 Å². The van der Waals surface area contributed by atoms with Crippen molar-refractivity contribution in [2.24, 2.45) is 7.05 Å². The van der Waals surface area contributed by atoms with Crippen LogP contribution in [0.1, 0.15) is 36.2 Å². The van der Waals surface area contributed by atoms with Crippen molar-refractivity contribution >= 4 is 5.65 Å². The van der Waals surface area contributed by atoms with E-state index in [-0.39, 0.29) is 35.1 Å². The van der Waals surface area contributed by atoms with Crippen LogP contribution < -0.4 is 4.74 Å². The van der Waals surface area contributed by atoms with E-state index in [1.165, 1.54) is 35.4 Å². The Hall–Kier alpha value is -3.43. The summed E-state index contributed by atoms with van der Waals surface area (Å²) >= 11 is 0. The first-order valence-corrected chi connectivity index (χ1v) is 8.67. The van der Waals surface area contributed by atoms with Crippen LogP contribution in [0.2, 0.25) is 0 Å². The standard InChI is InChI=1S/C19H19F2N7O/c1-19(2,3)13-8-15-24-25-17(12-7-11(20)5-6-14(12)21)28(15)26-18(13)29-9-16-22-10-23-27(16)4/h5-8,10H,9H2,1-4H3/i1D3. The van der Waals surface area contributed by atoms with Crippen LogP contribution in [0.3, 0.4) is 0 Å². The van der Waals surface area contributed by atoms with Crippen LogP contribution in [0.4, 0.5) is 8.78 Å². The van der Waals surface area contributed by atoms with E-state index in [4.69, 9.17) is 8.85 Å². The van der Waals surface area contributed by atoms with Gasteiger partial charge in [-0.25, -0.2) is 13.8 Å². The first kappa shape index (κ1) is 15.5. The molecule has 8 nitrogen and oxygen atoms in total. The van der Waals surface area contributed by atoms with Gasteiger partial charge in [0.15, 0.2) is 17.3 Å². The normalized spacial score (nSPS) is 13.9. The van der Waals surface area contributed by atoms with Crippen molar-refractivity contribution < 1.29 is 17.6 Å². The van der Waals surface area contributed by atoms with Gasteiger partial charge in [0.25, 0.3) is 0 Å². The second kappa shape index (κ2) is 6.87. The Morgan fingerprint density at radius 1 is 1.21 bits per heavy atom. The minimum Gasteiger partial charge on any atom is -0.468 e. The summed E-state index contributed by atoms with van der Waals surface area (Å²) in [7, 11) is 1.68. The predicted octanol–water partition coefficient (Wildman–Crippen LogP) is 3.07. The van der Waals surface area contributed by atoms with Crippen LogP contribution in [0.25, 0.3) is 17.0 Å². The summed E-state index contributed by atoms with van der Waals surface area (Å²) in [5.41, 5.74) is -1.10. The van der Waals surface area contributed by atoms with Crippen LogP contribution in [0, 0.1) is 11.6 Å². The number of ether oxygens (including phenoxy) is 1. The Kier molecular flexibility index (Phi) is 3.67. The molecule has 4 rings (SSSR count). The van der Waals surface area contributed by atoms with Gasteiger partial charge in [-0.3, -0.25) is 4.68 Å². The summed E-state index contributed by atoms with van der Waals surface area (Å²) in [6, 6.07) is 4.41. The maximum atomic E-state index is 14.4. The molecule has 0 saturated carbocycles. The lowest BCUT2D eigenvalue weighted by Crippen LogP contribution is -2.17. The second-order valence-electron chi connectivity index (χ2n) is 6.99. The highest BCUT2D eigenvalue weighted by Gasteiger charge is 2.24. The minimum absolute atomic E-state index is 0.0283. The van der Waals surface area contributed by atoms with E-state index in [1.807, 2.05) is 0 Å². The van der Waals surface area contributed by atoms with E-state index in [0.29, 0.717) is 5.82 Å². The van der Waals surface area contributed by atoms with Crippen LogP contribution in [0.5, 0.6) is 5.88 Å². The third-order valence-corrected chi connectivity index (χ3v) is 4.35. The summed E-state index contributed by atoms with van der Waals surface area (Å²) in [5, 5.41) is 16.3. The number of hydrogen-bond acceptors (Lipinski definition) is 6. The number of rotatable bonds is 4. The van der Waals surface area contributed by atoms with Gasteiger partial charge in [-0.1, -0.05) is 20.7 Å². The molecule has 0 aliphatic rings. The van der Waals surface area contributed by atoms with E-state index < -0.39 is 23.9 Å². The molecule has 1 aromatic carbocycles. The van der Waals surface area contributed by atoms with E-state index in [9.17, 15) is 8.78 Å². The molecule has 10 heteroatoms. The number of halogens is 2. The Balaban J connectivity index is 1.89. The molecule has 0 aliphatic carbocycles. The summed E-state index contributed by atoms with van der Waals surface area (Å²) in [6.45, 7) is 0.622. The molecule has 4 aromatic rings. The van der Waals surface area contributed by atoms with E-state index >= 15 is 0 Å². The molecule has 0 amide bonds. The fourth-order valence-electron chi connectivity index (χ4n) is 2.79. The summed E-state index contributed by atoms with van der Waals surface area (Å²) in [5.74, 6) is -0.976. The number of benzene rings is 1. The smallest absolute Gasteiger partial charge is 0.236 e. The highest BCUT2D eigenvalue weighted by Crippen LogP contribution is 2.32. The topological polar surface area (TPSA) is 83.0 Å². The summed E-state index contributed by atoms with van der Waals surface area (Å²) in [6.07, 6.45) is 1.35. The Morgan fingerprint density at radius 3 is 2.76 bits per heavy atom. The lowest BCUT2D eigenvalue weighted by Gasteiger charge is -2.21. The van der Waals surface area contributed by atoms with Crippen LogP contribution in [-0.4, -0.2) is 34.6 Å². The average molecular weight is 402 g/mol. The van der Waals surface area contributed by atoms with Gasteiger partial charge in [-0.15, -0.1) is 15.3 Å². The van der Waals surface area contributed by atoms with Crippen molar-refractivity contribution in [2.45, 2.75) is 32.7 Å². The van der Waals surface area contributed by atoms with Crippen molar-refractivity contribution in [1.82, 2.24) is 34.6 Å². The second-order valence-corrected chi connectivity index (χ2v) is 6.99. The largest absolute Gasteiger partial charge is 0.468 e. The zero-order chi connectivity index (χ0) is 23.3. The number of nitrogens with zero attached hydrogens (tertiary/aromatic N) is 7. The van der Waals surface area contributed by atoms with Gasteiger partial charge in [-0.05, 0) is 29.7 Å². The highest BCUT2D eigenvalue weighted by atomic mass is 19.1. The lowest BCUT2D eigenvalue weighted by atomic mass is 9.88. The number of fused-ring (bicyclic) bond motifs is 1.